The van der Waals surface area contributed by atoms with Gasteiger partial charge >= 0.3 is 17.9 Å². The number of likely N-dealkylation sites (N-methyl/N-ethyl adjacent to an activating group) is 1. The van der Waals surface area contributed by atoms with Gasteiger partial charge in [-0.3, -0.25) is 14.4 Å². The van der Waals surface area contributed by atoms with E-state index in [1.54, 1.807) is 0 Å². The van der Waals surface area contributed by atoms with E-state index in [9.17, 15) is 14.4 Å². The molecule has 1 fully saturated rings. The molecule has 0 saturated carbocycles. The number of unbranched alkanes of at least 4 members (excludes halogenated alkanes) is 18. The van der Waals surface area contributed by atoms with Crippen molar-refractivity contribution in [1.82, 2.24) is 9.80 Å². The average Bonchev–Trinajstić information content (AvgIpc) is 3.21. The van der Waals surface area contributed by atoms with Gasteiger partial charge in [0.15, 0.2) is 0 Å². The molecule has 0 bridgehead atoms. The van der Waals surface area contributed by atoms with Crippen molar-refractivity contribution < 1.29 is 28.6 Å². The summed E-state index contributed by atoms with van der Waals surface area (Å²) < 4.78 is 17.8. The predicted octanol–water partition coefficient (Wildman–Crippen LogP) is 12.1. The van der Waals surface area contributed by atoms with Gasteiger partial charge in [-0.15, -0.1) is 0 Å². The standard InChI is InChI=1S/C48H92N2O6/c1-6-11-15-19-21-26-32-44(30-24-17-13-8-3)47(52)55-41-43(40-54-46(51)34-28-23-29-35-50-38-36-49(10-5)37-39-50)42-56-48(53)45(31-25-18-14-9-4)33-27-22-20-16-12-7-2/h43-45H,6-42H2,1-5H3. The number of rotatable bonds is 39. The van der Waals surface area contributed by atoms with Gasteiger partial charge in [-0.2, -0.15) is 0 Å². The molecule has 0 aliphatic carbocycles. The number of carbonyl (C=O) groups excluding carboxylic acids is 3. The molecule has 1 rings (SSSR count). The molecule has 0 aromatic carbocycles. The van der Waals surface area contributed by atoms with Crippen LogP contribution in [0.2, 0.25) is 0 Å². The fraction of sp³-hybridized carbons (Fsp3) is 0.938. The minimum Gasteiger partial charge on any atom is -0.465 e. The van der Waals surface area contributed by atoms with E-state index in [4.69, 9.17) is 14.2 Å². The van der Waals surface area contributed by atoms with Crippen molar-refractivity contribution in [1.29, 1.82) is 0 Å². The molecular formula is C48H92N2O6. The quantitative estimate of drug-likeness (QED) is 0.0346. The number of esters is 3. The molecule has 2 atom stereocenters. The number of carbonyl (C=O) groups is 3. The molecule has 1 heterocycles. The van der Waals surface area contributed by atoms with Crippen LogP contribution in [-0.2, 0) is 28.6 Å². The third-order valence-corrected chi connectivity index (χ3v) is 12.0. The lowest BCUT2D eigenvalue weighted by molar-refractivity contribution is -0.157. The van der Waals surface area contributed by atoms with Crippen molar-refractivity contribution in [3.05, 3.63) is 0 Å². The molecule has 0 aromatic rings. The largest absolute Gasteiger partial charge is 0.465 e. The Morgan fingerprint density at radius 1 is 0.429 bits per heavy atom. The van der Waals surface area contributed by atoms with E-state index >= 15 is 0 Å². The van der Waals surface area contributed by atoms with Gasteiger partial charge in [-0.25, -0.2) is 0 Å². The number of hydrogen-bond donors (Lipinski definition) is 0. The maximum absolute atomic E-state index is 13.6. The van der Waals surface area contributed by atoms with E-state index in [2.05, 4.69) is 44.4 Å². The smallest absolute Gasteiger partial charge is 0.308 e. The first-order valence-electron chi connectivity index (χ1n) is 24.3. The van der Waals surface area contributed by atoms with E-state index in [-0.39, 0.29) is 55.5 Å². The van der Waals surface area contributed by atoms with Gasteiger partial charge in [-0.1, -0.05) is 169 Å². The van der Waals surface area contributed by atoms with Crippen LogP contribution in [0, 0.1) is 17.8 Å². The average molecular weight is 793 g/mol. The second-order valence-corrected chi connectivity index (χ2v) is 17.1. The number of nitrogens with zero attached hydrogens (tertiary/aromatic N) is 2. The van der Waals surface area contributed by atoms with Crippen LogP contribution < -0.4 is 0 Å². The summed E-state index contributed by atoms with van der Waals surface area (Å²) in [5.41, 5.74) is 0. The third-order valence-electron chi connectivity index (χ3n) is 12.0. The van der Waals surface area contributed by atoms with Crippen LogP contribution in [0.25, 0.3) is 0 Å². The molecule has 1 aliphatic heterocycles. The zero-order valence-electron chi connectivity index (χ0n) is 37.7. The van der Waals surface area contributed by atoms with Crippen LogP contribution in [0.15, 0.2) is 0 Å². The summed E-state index contributed by atoms with van der Waals surface area (Å²) in [6.07, 6.45) is 30.1. The Balaban J connectivity index is 2.80. The Hall–Kier alpha value is -1.67. The van der Waals surface area contributed by atoms with Crippen molar-refractivity contribution in [3.8, 4) is 0 Å². The number of hydrogen-bond acceptors (Lipinski definition) is 8. The molecule has 8 nitrogen and oxygen atoms in total. The molecule has 1 aliphatic rings. The van der Waals surface area contributed by atoms with Crippen LogP contribution in [0.3, 0.4) is 0 Å². The first-order valence-corrected chi connectivity index (χ1v) is 24.3. The molecule has 0 amide bonds. The lowest BCUT2D eigenvalue weighted by Crippen LogP contribution is -2.46. The Labute approximate surface area is 346 Å². The molecule has 0 spiro atoms. The van der Waals surface area contributed by atoms with Crippen molar-refractivity contribution >= 4 is 17.9 Å². The molecule has 0 aromatic heterocycles. The van der Waals surface area contributed by atoms with E-state index in [1.165, 1.54) is 77.0 Å². The molecule has 56 heavy (non-hydrogen) atoms. The molecule has 1 saturated heterocycles. The summed E-state index contributed by atoms with van der Waals surface area (Å²) >= 11 is 0. The van der Waals surface area contributed by atoms with Crippen LogP contribution >= 0.6 is 0 Å². The summed E-state index contributed by atoms with van der Waals surface area (Å²) in [6, 6.07) is 0. The van der Waals surface area contributed by atoms with Crippen molar-refractivity contribution in [3.63, 3.8) is 0 Å². The van der Waals surface area contributed by atoms with Gasteiger partial charge in [-0.05, 0) is 51.6 Å². The van der Waals surface area contributed by atoms with Gasteiger partial charge in [0.2, 0.25) is 0 Å². The molecular weight excluding hydrogens is 701 g/mol. The molecule has 8 heteroatoms. The van der Waals surface area contributed by atoms with Crippen molar-refractivity contribution in [2.45, 2.75) is 214 Å². The van der Waals surface area contributed by atoms with Gasteiger partial charge in [0.1, 0.15) is 19.8 Å². The third kappa shape index (κ3) is 28.7. The van der Waals surface area contributed by atoms with Gasteiger partial charge in [0.25, 0.3) is 0 Å². The summed E-state index contributed by atoms with van der Waals surface area (Å²) in [7, 11) is 0. The van der Waals surface area contributed by atoms with Crippen LogP contribution in [0.4, 0.5) is 0 Å². The van der Waals surface area contributed by atoms with E-state index in [0.717, 1.165) is 136 Å². The van der Waals surface area contributed by atoms with E-state index in [1.807, 2.05) is 0 Å². The first-order chi connectivity index (χ1) is 27.4. The first kappa shape index (κ1) is 52.3. The fourth-order valence-electron chi connectivity index (χ4n) is 7.91. The molecule has 2 unspecified atom stereocenters. The Morgan fingerprint density at radius 2 is 0.786 bits per heavy atom. The monoisotopic (exact) mass is 793 g/mol. The highest BCUT2D eigenvalue weighted by Gasteiger charge is 2.25. The highest BCUT2D eigenvalue weighted by atomic mass is 16.6. The minimum atomic E-state index is -0.377. The van der Waals surface area contributed by atoms with E-state index in [0.29, 0.717) is 6.42 Å². The number of piperazine rings is 1. The van der Waals surface area contributed by atoms with Crippen LogP contribution in [0.1, 0.15) is 214 Å². The highest BCUT2D eigenvalue weighted by molar-refractivity contribution is 5.73. The second kappa shape index (κ2) is 37.6. The summed E-state index contributed by atoms with van der Waals surface area (Å²) in [5, 5.41) is 0. The lowest BCUT2D eigenvalue weighted by Gasteiger charge is -2.33. The highest BCUT2D eigenvalue weighted by Crippen LogP contribution is 2.23. The van der Waals surface area contributed by atoms with Gasteiger partial charge in [0.05, 0.1) is 17.8 Å². The van der Waals surface area contributed by atoms with E-state index < -0.39 is 0 Å². The maximum atomic E-state index is 13.6. The van der Waals surface area contributed by atoms with Crippen molar-refractivity contribution in [2.24, 2.45) is 17.8 Å². The number of ether oxygens (including phenoxy) is 3. The summed E-state index contributed by atoms with van der Waals surface area (Å²) in [6.45, 7) is 18.2. The predicted molar refractivity (Wildman–Crippen MR) is 234 cm³/mol. The summed E-state index contributed by atoms with van der Waals surface area (Å²) in [5.74, 6) is -1.11. The Bertz CT molecular complexity index is 875. The van der Waals surface area contributed by atoms with Gasteiger partial charge in [0, 0.05) is 32.6 Å². The summed E-state index contributed by atoms with van der Waals surface area (Å²) in [4.78, 5) is 45.0. The zero-order chi connectivity index (χ0) is 40.9. The molecule has 330 valence electrons. The molecule has 0 radical (unpaired) electrons. The van der Waals surface area contributed by atoms with Crippen molar-refractivity contribution in [2.75, 3.05) is 59.1 Å². The Kier molecular flexibility index (Phi) is 35.1. The van der Waals surface area contributed by atoms with Crippen LogP contribution in [0.5, 0.6) is 0 Å². The van der Waals surface area contributed by atoms with Crippen LogP contribution in [-0.4, -0.2) is 86.8 Å². The normalized spacial score (nSPS) is 15.4. The SMILES string of the molecule is CCCCCCCCC(CCCCCC)C(=O)OCC(COC(=O)CCCCCN1CCN(CC)CC1)COC(=O)C(CCCCCC)CCCCCCCC. The fourth-order valence-corrected chi connectivity index (χ4v) is 7.91. The minimum absolute atomic E-state index is 0.0955. The topological polar surface area (TPSA) is 85.4 Å². The Morgan fingerprint density at radius 3 is 1.21 bits per heavy atom. The molecule has 0 N–H and O–H groups in total. The second-order valence-electron chi connectivity index (χ2n) is 17.1. The zero-order valence-corrected chi connectivity index (χ0v) is 37.7. The maximum Gasteiger partial charge on any atom is 0.308 e. The van der Waals surface area contributed by atoms with Gasteiger partial charge < -0.3 is 24.0 Å². The lowest BCUT2D eigenvalue weighted by atomic mass is 9.94.